The Morgan fingerprint density at radius 1 is 1.40 bits per heavy atom. The molecule has 1 aromatic heterocycles. The van der Waals surface area contributed by atoms with Crippen molar-refractivity contribution in [3.8, 4) is 11.5 Å². The summed E-state index contributed by atoms with van der Waals surface area (Å²) in [5.74, 6) is 0.321. The van der Waals surface area contributed by atoms with Gasteiger partial charge in [0.05, 0.1) is 12.2 Å². The van der Waals surface area contributed by atoms with Crippen LogP contribution in [0.5, 0.6) is 0 Å². The summed E-state index contributed by atoms with van der Waals surface area (Å²) in [6, 6.07) is 9.56. The molecule has 1 atom stereocenters. The van der Waals surface area contributed by atoms with Gasteiger partial charge in [-0.2, -0.15) is 0 Å². The quantitative estimate of drug-likeness (QED) is 0.869. The largest absolute Gasteiger partial charge is 0.444 e. The van der Waals surface area contributed by atoms with E-state index in [1.165, 1.54) is 6.26 Å². The summed E-state index contributed by atoms with van der Waals surface area (Å²) >= 11 is 0. The molecule has 0 spiro atoms. The van der Waals surface area contributed by atoms with E-state index in [0.717, 1.165) is 18.4 Å². The molecule has 2 aromatic rings. The summed E-state index contributed by atoms with van der Waals surface area (Å²) in [7, 11) is 0. The summed E-state index contributed by atoms with van der Waals surface area (Å²) in [5, 5.41) is 12.3. The van der Waals surface area contributed by atoms with Gasteiger partial charge in [0.1, 0.15) is 12.4 Å². The Labute approximate surface area is 116 Å². The van der Waals surface area contributed by atoms with Crippen LogP contribution in [0.25, 0.3) is 11.5 Å². The van der Waals surface area contributed by atoms with Crippen LogP contribution in [0.3, 0.4) is 0 Å². The van der Waals surface area contributed by atoms with Crippen molar-refractivity contribution in [2.45, 2.75) is 25.5 Å². The number of aliphatic hydroxyl groups is 1. The van der Waals surface area contributed by atoms with Crippen LogP contribution in [0.15, 0.2) is 41.0 Å². The third-order valence-corrected chi connectivity index (χ3v) is 3.35. The van der Waals surface area contributed by atoms with Crippen LogP contribution in [0.1, 0.15) is 18.5 Å². The average Bonchev–Trinajstić information content (AvgIpc) is 3.23. The topological polar surface area (TPSA) is 75.4 Å². The Bertz CT molecular complexity index is 590. The molecule has 1 aliphatic carbocycles. The van der Waals surface area contributed by atoms with E-state index in [1.54, 1.807) is 0 Å². The minimum atomic E-state index is -0.893. The number of aliphatic hydroxyl groups excluding tert-OH is 1. The van der Waals surface area contributed by atoms with Crippen molar-refractivity contribution in [2.24, 2.45) is 5.92 Å². The zero-order chi connectivity index (χ0) is 13.9. The number of aromatic nitrogens is 1. The van der Waals surface area contributed by atoms with Crippen LogP contribution in [-0.2, 0) is 11.3 Å². The molecule has 104 valence electrons. The smallest absolute Gasteiger partial charge is 0.249 e. The highest BCUT2D eigenvalue weighted by Crippen LogP contribution is 2.32. The second kappa shape index (κ2) is 5.46. The monoisotopic (exact) mass is 272 g/mol. The van der Waals surface area contributed by atoms with Gasteiger partial charge >= 0.3 is 0 Å². The van der Waals surface area contributed by atoms with Crippen molar-refractivity contribution in [1.29, 1.82) is 0 Å². The lowest BCUT2D eigenvalue weighted by molar-refractivity contribution is -0.130. The molecule has 0 radical (unpaired) electrons. The Morgan fingerprint density at radius 3 is 2.85 bits per heavy atom. The van der Waals surface area contributed by atoms with Crippen molar-refractivity contribution in [2.75, 3.05) is 0 Å². The third kappa shape index (κ3) is 2.88. The lowest BCUT2D eigenvalue weighted by Crippen LogP contribution is -2.35. The summed E-state index contributed by atoms with van der Waals surface area (Å²) in [6.07, 6.45) is 2.48. The van der Waals surface area contributed by atoms with Gasteiger partial charge in [-0.05, 0) is 30.9 Å². The molecule has 1 fully saturated rings. The molecular formula is C15H16N2O3. The molecule has 5 nitrogen and oxygen atoms in total. The first-order valence-electron chi connectivity index (χ1n) is 6.69. The van der Waals surface area contributed by atoms with Gasteiger partial charge in [0.15, 0.2) is 0 Å². The van der Waals surface area contributed by atoms with Crippen molar-refractivity contribution in [3.63, 3.8) is 0 Å². The predicted molar refractivity (Wildman–Crippen MR) is 72.5 cm³/mol. The Kier molecular flexibility index (Phi) is 3.52. The van der Waals surface area contributed by atoms with Gasteiger partial charge in [0.25, 0.3) is 0 Å². The van der Waals surface area contributed by atoms with Crippen LogP contribution < -0.4 is 5.32 Å². The number of oxazole rings is 1. The molecule has 5 heteroatoms. The molecule has 20 heavy (non-hydrogen) atoms. The number of rotatable bonds is 5. The van der Waals surface area contributed by atoms with E-state index in [0.29, 0.717) is 11.6 Å². The minimum absolute atomic E-state index is 0.132. The highest BCUT2D eigenvalue weighted by molar-refractivity contribution is 5.81. The molecule has 3 rings (SSSR count). The SMILES string of the molecule is O=C(NCc1coc(-c2ccccc2)n1)C(O)C1CC1. The summed E-state index contributed by atoms with van der Waals surface area (Å²) in [6.45, 7) is 0.263. The Hall–Kier alpha value is -2.14. The van der Waals surface area contributed by atoms with Crippen LogP contribution >= 0.6 is 0 Å². The predicted octanol–water partition coefficient (Wildman–Crippen LogP) is 1.73. The van der Waals surface area contributed by atoms with E-state index in [2.05, 4.69) is 10.3 Å². The standard InChI is InChI=1S/C15H16N2O3/c18-13(10-6-7-10)14(19)16-8-12-9-20-15(17-12)11-4-2-1-3-5-11/h1-5,9-10,13,18H,6-8H2,(H,16,19). The van der Waals surface area contributed by atoms with Crippen LogP contribution in [0, 0.1) is 5.92 Å². The molecule has 0 saturated heterocycles. The molecule has 1 aliphatic rings. The van der Waals surface area contributed by atoms with Gasteiger partial charge in [-0.15, -0.1) is 0 Å². The maximum atomic E-state index is 11.7. The van der Waals surface area contributed by atoms with E-state index >= 15 is 0 Å². The highest BCUT2D eigenvalue weighted by atomic mass is 16.3. The normalized spacial score (nSPS) is 15.8. The average molecular weight is 272 g/mol. The maximum Gasteiger partial charge on any atom is 0.249 e. The fraction of sp³-hybridized carbons (Fsp3) is 0.333. The summed E-state index contributed by atoms with van der Waals surface area (Å²) in [5.41, 5.74) is 1.53. The van der Waals surface area contributed by atoms with Gasteiger partial charge in [-0.25, -0.2) is 4.98 Å². The van der Waals surface area contributed by atoms with E-state index in [9.17, 15) is 9.90 Å². The highest BCUT2D eigenvalue weighted by Gasteiger charge is 2.34. The molecule has 1 amide bonds. The number of benzene rings is 1. The lowest BCUT2D eigenvalue weighted by Gasteiger charge is -2.08. The molecule has 0 bridgehead atoms. The van der Waals surface area contributed by atoms with Gasteiger partial charge in [0.2, 0.25) is 11.8 Å². The third-order valence-electron chi connectivity index (χ3n) is 3.35. The molecule has 1 unspecified atom stereocenters. The van der Waals surface area contributed by atoms with Crippen LogP contribution in [-0.4, -0.2) is 22.1 Å². The van der Waals surface area contributed by atoms with E-state index in [1.807, 2.05) is 30.3 Å². The van der Waals surface area contributed by atoms with Crippen molar-refractivity contribution in [3.05, 3.63) is 42.3 Å². The van der Waals surface area contributed by atoms with Crippen LogP contribution in [0.2, 0.25) is 0 Å². The Morgan fingerprint density at radius 2 is 2.15 bits per heavy atom. The molecule has 0 aliphatic heterocycles. The second-order valence-electron chi connectivity index (χ2n) is 5.01. The molecular weight excluding hydrogens is 256 g/mol. The van der Waals surface area contributed by atoms with Crippen molar-refractivity contribution in [1.82, 2.24) is 10.3 Å². The molecule has 2 N–H and O–H groups in total. The zero-order valence-electron chi connectivity index (χ0n) is 11.0. The zero-order valence-corrected chi connectivity index (χ0v) is 11.0. The van der Waals surface area contributed by atoms with Crippen LogP contribution in [0.4, 0.5) is 0 Å². The number of nitrogens with zero attached hydrogens (tertiary/aromatic N) is 1. The van der Waals surface area contributed by atoms with Gasteiger partial charge in [-0.1, -0.05) is 18.2 Å². The number of carbonyl (C=O) groups is 1. The van der Waals surface area contributed by atoms with Gasteiger partial charge < -0.3 is 14.8 Å². The number of hydrogen-bond donors (Lipinski definition) is 2. The second-order valence-corrected chi connectivity index (χ2v) is 5.01. The maximum absolute atomic E-state index is 11.7. The van der Waals surface area contributed by atoms with Crippen molar-refractivity contribution < 1.29 is 14.3 Å². The molecule has 1 saturated carbocycles. The minimum Gasteiger partial charge on any atom is -0.444 e. The van der Waals surface area contributed by atoms with E-state index < -0.39 is 6.10 Å². The van der Waals surface area contributed by atoms with E-state index in [4.69, 9.17) is 4.42 Å². The Balaban J connectivity index is 1.59. The van der Waals surface area contributed by atoms with Gasteiger partial charge in [0, 0.05) is 5.56 Å². The number of nitrogens with one attached hydrogen (secondary N) is 1. The number of hydrogen-bond acceptors (Lipinski definition) is 4. The lowest BCUT2D eigenvalue weighted by atomic mass is 10.2. The van der Waals surface area contributed by atoms with Gasteiger partial charge in [-0.3, -0.25) is 4.79 Å². The number of amides is 1. The first-order valence-corrected chi connectivity index (χ1v) is 6.69. The first kappa shape index (κ1) is 12.9. The summed E-state index contributed by atoms with van der Waals surface area (Å²) < 4.78 is 5.38. The first-order chi connectivity index (χ1) is 9.74. The fourth-order valence-corrected chi connectivity index (χ4v) is 2.01. The molecule has 1 aromatic carbocycles. The summed E-state index contributed by atoms with van der Waals surface area (Å²) in [4.78, 5) is 16.0. The number of carbonyl (C=O) groups excluding carboxylic acids is 1. The van der Waals surface area contributed by atoms with Crippen molar-refractivity contribution >= 4 is 5.91 Å². The molecule has 1 heterocycles. The fourth-order valence-electron chi connectivity index (χ4n) is 2.01. The van der Waals surface area contributed by atoms with E-state index in [-0.39, 0.29) is 18.4 Å².